The summed E-state index contributed by atoms with van der Waals surface area (Å²) in [5.74, 6) is 0. The number of hydrogen-bond donors (Lipinski definition) is 1. The van der Waals surface area contributed by atoms with Crippen LogP contribution in [0.25, 0.3) is 0 Å². The van der Waals surface area contributed by atoms with Crippen molar-refractivity contribution in [3.63, 3.8) is 0 Å². The summed E-state index contributed by atoms with van der Waals surface area (Å²) < 4.78 is 0. The molecular weight excluding hydrogens is 116 g/mol. The third-order valence-electron chi connectivity index (χ3n) is 0.938. The van der Waals surface area contributed by atoms with Crippen molar-refractivity contribution in [1.82, 2.24) is 0 Å². The van der Waals surface area contributed by atoms with E-state index in [2.05, 4.69) is 10.1 Å². The summed E-state index contributed by atoms with van der Waals surface area (Å²) in [4.78, 5) is 2.84. The molecule has 0 fully saturated rings. The van der Waals surface area contributed by atoms with Crippen LogP contribution in [0.4, 0.5) is 0 Å². The highest BCUT2D eigenvalue weighted by Gasteiger charge is 1.86. The van der Waals surface area contributed by atoms with Crippen LogP contribution in [0.2, 0.25) is 0 Å². The Labute approximate surface area is 52.7 Å². The first-order chi connectivity index (χ1) is 4.43. The average molecular weight is 123 g/mol. The Morgan fingerprint density at radius 3 is 3.11 bits per heavy atom. The number of hydrogen-bond acceptors (Lipinski definition) is 2. The summed E-state index contributed by atoms with van der Waals surface area (Å²) >= 11 is 0. The van der Waals surface area contributed by atoms with Crippen LogP contribution in [0.5, 0.6) is 0 Å². The van der Waals surface area contributed by atoms with Crippen molar-refractivity contribution in [2.45, 2.75) is 0 Å². The molecule has 0 aliphatic heterocycles. The lowest BCUT2D eigenvalue weighted by molar-refractivity contribution is -0.378. The minimum absolute atomic E-state index is 0.847. The predicted molar refractivity (Wildman–Crippen MR) is 32.4 cm³/mol. The maximum absolute atomic E-state index is 8.08. The molecule has 0 unspecified atom stereocenters. The Morgan fingerprint density at radius 1 is 1.67 bits per heavy atom. The van der Waals surface area contributed by atoms with E-state index in [0.717, 1.165) is 5.56 Å². The fourth-order valence-corrected chi connectivity index (χ4v) is 0.554. The van der Waals surface area contributed by atoms with Gasteiger partial charge in [0.1, 0.15) is 0 Å². The summed E-state index contributed by atoms with van der Waals surface area (Å²) in [6.07, 6.45) is 4.88. The molecule has 0 aromatic carbocycles. The summed E-state index contributed by atoms with van der Waals surface area (Å²) in [5, 5.41) is 10.9. The van der Waals surface area contributed by atoms with E-state index in [1.54, 1.807) is 12.4 Å². The molecule has 0 bridgehead atoms. The summed E-state index contributed by atoms with van der Waals surface area (Å²) in [7, 11) is 0. The molecule has 3 heteroatoms. The lowest BCUT2D eigenvalue weighted by Crippen LogP contribution is -1.99. The van der Waals surface area contributed by atoms with Gasteiger partial charge in [-0.05, 0) is 6.07 Å². The normalized spacial score (nSPS) is 10.2. The van der Waals surface area contributed by atoms with E-state index >= 15 is 0 Å². The number of rotatable bonds is 1. The van der Waals surface area contributed by atoms with Crippen molar-refractivity contribution in [2.24, 2.45) is 5.16 Å². The van der Waals surface area contributed by atoms with E-state index in [-0.39, 0.29) is 0 Å². The van der Waals surface area contributed by atoms with Crippen LogP contribution in [0.15, 0.2) is 29.7 Å². The number of nitrogens with one attached hydrogen (secondary N) is 1. The maximum Gasteiger partial charge on any atom is 0.175 e. The molecule has 1 heterocycles. The van der Waals surface area contributed by atoms with Crippen molar-refractivity contribution in [3.8, 4) is 0 Å². The fraction of sp³-hybridized carbons (Fsp3) is 0. The van der Waals surface area contributed by atoms with Gasteiger partial charge in [-0.25, -0.2) is 4.98 Å². The Hall–Kier alpha value is -1.38. The fourth-order valence-electron chi connectivity index (χ4n) is 0.554. The predicted octanol–water partition coefficient (Wildman–Crippen LogP) is 0.309. The molecule has 0 amide bonds. The van der Waals surface area contributed by atoms with Gasteiger partial charge in [-0.2, -0.15) is 0 Å². The first-order valence-corrected chi connectivity index (χ1v) is 2.57. The zero-order chi connectivity index (χ0) is 6.53. The van der Waals surface area contributed by atoms with Crippen LogP contribution in [0.1, 0.15) is 5.56 Å². The highest BCUT2D eigenvalue weighted by Crippen LogP contribution is 1.85. The van der Waals surface area contributed by atoms with E-state index < -0.39 is 0 Å². The third-order valence-corrected chi connectivity index (χ3v) is 0.938. The Kier molecular flexibility index (Phi) is 1.80. The number of pyridine rings is 1. The van der Waals surface area contributed by atoms with Gasteiger partial charge >= 0.3 is 0 Å². The molecule has 1 aromatic rings. The van der Waals surface area contributed by atoms with Gasteiger partial charge in [-0.15, -0.1) is 0 Å². The molecule has 0 aliphatic carbocycles. The molecular formula is C6H7N2O+. The maximum atomic E-state index is 8.08. The van der Waals surface area contributed by atoms with Crippen LogP contribution >= 0.6 is 0 Å². The standard InChI is InChI=1S/C6H6N2O/c9-8-5-6-2-1-3-7-4-6/h1-5,9H/p+1/b8-5-. The number of nitrogens with zero attached hydrogens (tertiary/aromatic N) is 1. The van der Waals surface area contributed by atoms with E-state index in [9.17, 15) is 0 Å². The molecule has 2 N–H and O–H groups in total. The third kappa shape index (κ3) is 1.53. The molecule has 0 radical (unpaired) electrons. The Morgan fingerprint density at radius 2 is 2.56 bits per heavy atom. The van der Waals surface area contributed by atoms with Crippen molar-refractivity contribution in [1.29, 1.82) is 0 Å². The first-order valence-electron chi connectivity index (χ1n) is 2.57. The van der Waals surface area contributed by atoms with Gasteiger partial charge in [0.2, 0.25) is 0 Å². The van der Waals surface area contributed by atoms with Gasteiger partial charge in [0.05, 0.1) is 11.8 Å². The molecule has 3 nitrogen and oxygen atoms in total. The van der Waals surface area contributed by atoms with Crippen molar-refractivity contribution >= 4 is 6.21 Å². The molecule has 0 atom stereocenters. The first kappa shape index (κ1) is 5.75. The van der Waals surface area contributed by atoms with E-state index in [0.29, 0.717) is 0 Å². The van der Waals surface area contributed by atoms with Crippen LogP contribution in [0, 0.1) is 0 Å². The molecule has 46 valence electrons. The number of aromatic amines is 1. The van der Waals surface area contributed by atoms with E-state index in [1.165, 1.54) is 6.21 Å². The molecule has 0 spiro atoms. The lowest BCUT2D eigenvalue weighted by atomic mass is 10.3. The van der Waals surface area contributed by atoms with Gasteiger partial charge in [-0.3, -0.25) is 0 Å². The van der Waals surface area contributed by atoms with Crippen molar-refractivity contribution < 1.29 is 10.2 Å². The molecule has 0 saturated carbocycles. The topological polar surface area (TPSA) is 46.7 Å². The van der Waals surface area contributed by atoms with Gasteiger partial charge < -0.3 is 5.21 Å². The van der Waals surface area contributed by atoms with Gasteiger partial charge in [0, 0.05) is 6.07 Å². The molecule has 1 rings (SSSR count). The highest BCUT2D eigenvalue weighted by molar-refractivity contribution is 5.77. The van der Waals surface area contributed by atoms with Crippen LogP contribution in [0.3, 0.4) is 0 Å². The van der Waals surface area contributed by atoms with Crippen LogP contribution in [-0.2, 0) is 0 Å². The second-order valence-electron chi connectivity index (χ2n) is 1.58. The molecule has 0 saturated heterocycles. The SMILES string of the molecule is O/N=C\c1ccc[nH+]c1. The Balaban J connectivity index is 2.85. The van der Waals surface area contributed by atoms with Crippen molar-refractivity contribution in [3.05, 3.63) is 30.1 Å². The van der Waals surface area contributed by atoms with Crippen molar-refractivity contribution in [2.75, 3.05) is 0 Å². The molecule has 9 heavy (non-hydrogen) atoms. The monoisotopic (exact) mass is 123 g/mol. The second-order valence-corrected chi connectivity index (χ2v) is 1.58. The van der Waals surface area contributed by atoms with E-state index in [1.807, 2.05) is 12.1 Å². The largest absolute Gasteiger partial charge is 0.411 e. The van der Waals surface area contributed by atoms with Crippen LogP contribution < -0.4 is 4.98 Å². The quantitative estimate of drug-likeness (QED) is 0.326. The molecule has 0 aliphatic rings. The highest BCUT2D eigenvalue weighted by atomic mass is 16.4. The second kappa shape index (κ2) is 2.81. The number of aromatic nitrogens is 1. The van der Waals surface area contributed by atoms with Gasteiger partial charge in [0.15, 0.2) is 12.4 Å². The number of H-pyrrole nitrogens is 1. The van der Waals surface area contributed by atoms with Crippen LogP contribution in [-0.4, -0.2) is 11.4 Å². The van der Waals surface area contributed by atoms with Gasteiger partial charge in [-0.1, -0.05) is 5.16 Å². The average Bonchev–Trinajstić information content (AvgIpc) is 1.91. The molecule has 1 aromatic heterocycles. The minimum atomic E-state index is 0.847. The lowest BCUT2D eigenvalue weighted by Gasteiger charge is -1.79. The summed E-state index contributed by atoms with van der Waals surface area (Å²) in [5.41, 5.74) is 0.847. The summed E-state index contributed by atoms with van der Waals surface area (Å²) in [6, 6.07) is 3.66. The minimum Gasteiger partial charge on any atom is -0.411 e. The Bertz CT molecular complexity index is 195. The summed E-state index contributed by atoms with van der Waals surface area (Å²) in [6.45, 7) is 0. The zero-order valence-corrected chi connectivity index (χ0v) is 4.78. The smallest absolute Gasteiger partial charge is 0.175 e. The number of oxime groups is 1. The van der Waals surface area contributed by atoms with E-state index in [4.69, 9.17) is 5.21 Å². The van der Waals surface area contributed by atoms with Gasteiger partial charge in [0.25, 0.3) is 0 Å². The zero-order valence-electron chi connectivity index (χ0n) is 4.78.